The van der Waals surface area contributed by atoms with Gasteiger partial charge in [-0.1, -0.05) is 18.2 Å². The monoisotopic (exact) mass is 448 g/mol. The van der Waals surface area contributed by atoms with Gasteiger partial charge in [0.15, 0.2) is 0 Å². The van der Waals surface area contributed by atoms with E-state index in [-0.39, 0.29) is 17.9 Å². The molecule has 3 rings (SSSR count). The van der Waals surface area contributed by atoms with Crippen LogP contribution in [0.25, 0.3) is 0 Å². The van der Waals surface area contributed by atoms with Crippen LogP contribution in [0.15, 0.2) is 58.3 Å². The van der Waals surface area contributed by atoms with E-state index in [0.29, 0.717) is 30.8 Å². The van der Waals surface area contributed by atoms with E-state index in [2.05, 4.69) is 5.32 Å². The first kappa shape index (κ1) is 22.7. The average Bonchev–Trinajstić information content (AvgIpc) is 2.79. The average molecular weight is 449 g/mol. The van der Waals surface area contributed by atoms with Gasteiger partial charge in [0.2, 0.25) is 15.9 Å². The van der Waals surface area contributed by atoms with Crippen LogP contribution in [-0.2, 0) is 14.8 Å². The van der Waals surface area contributed by atoms with Crippen LogP contribution in [0.1, 0.15) is 31.4 Å². The highest BCUT2D eigenvalue weighted by molar-refractivity contribution is 7.98. The Hall–Kier alpha value is -2.03. The zero-order chi connectivity index (χ0) is 21.7. The number of methoxy groups -OCH3 is 1. The maximum Gasteiger partial charge on any atom is 0.243 e. The lowest BCUT2D eigenvalue weighted by atomic mass is 9.96. The highest BCUT2D eigenvalue weighted by atomic mass is 32.2. The Morgan fingerprint density at radius 3 is 2.37 bits per heavy atom. The summed E-state index contributed by atoms with van der Waals surface area (Å²) in [5, 5.41) is 3.05. The van der Waals surface area contributed by atoms with E-state index in [4.69, 9.17) is 4.74 Å². The number of benzene rings is 2. The van der Waals surface area contributed by atoms with Crippen molar-refractivity contribution in [1.29, 1.82) is 0 Å². The van der Waals surface area contributed by atoms with E-state index < -0.39 is 10.0 Å². The summed E-state index contributed by atoms with van der Waals surface area (Å²) in [6, 6.07) is 14.3. The number of para-hydroxylation sites is 1. The lowest BCUT2D eigenvalue weighted by molar-refractivity contribution is -0.126. The Labute approximate surface area is 183 Å². The van der Waals surface area contributed by atoms with Crippen LogP contribution in [0.5, 0.6) is 5.75 Å². The van der Waals surface area contributed by atoms with E-state index in [9.17, 15) is 13.2 Å². The van der Waals surface area contributed by atoms with Gasteiger partial charge in [-0.05, 0) is 56.4 Å². The number of sulfonamides is 1. The van der Waals surface area contributed by atoms with Crippen LogP contribution >= 0.6 is 11.8 Å². The lowest BCUT2D eigenvalue weighted by Crippen LogP contribution is -2.43. The smallest absolute Gasteiger partial charge is 0.243 e. The van der Waals surface area contributed by atoms with Gasteiger partial charge in [-0.2, -0.15) is 4.31 Å². The standard InChI is InChI=1S/C22H28N2O4S2/c1-16(20-6-4-5-7-21(20)28-2)23-22(25)17-12-14-24(15-13-17)30(26,27)19-10-8-18(29-3)9-11-19/h4-11,16-17H,12-15H2,1-3H3,(H,23,25)/t16-/m1/s1. The van der Waals surface area contributed by atoms with Crippen molar-refractivity contribution in [2.45, 2.75) is 35.6 Å². The second-order valence-electron chi connectivity index (χ2n) is 7.33. The Morgan fingerprint density at radius 2 is 1.77 bits per heavy atom. The Balaban J connectivity index is 1.59. The molecule has 6 nitrogen and oxygen atoms in total. The van der Waals surface area contributed by atoms with Crippen molar-refractivity contribution in [1.82, 2.24) is 9.62 Å². The molecule has 30 heavy (non-hydrogen) atoms. The summed E-state index contributed by atoms with van der Waals surface area (Å²) in [4.78, 5) is 14.1. The number of ether oxygens (including phenoxy) is 1. The highest BCUT2D eigenvalue weighted by Crippen LogP contribution is 2.28. The van der Waals surface area contributed by atoms with Crippen molar-refractivity contribution in [3.05, 3.63) is 54.1 Å². The predicted molar refractivity (Wildman–Crippen MR) is 119 cm³/mol. The SMILES string of the molecule is COc1ccccc1[C@@H](C)NC(=O)C1CCN(S(=O)(=O)c2ccc(SC)cc2)CC1. The molecule has 1 heterocycles. The van der Waals surface area contributed by atoms with E-state index in [1.165, 1.54) is 4.31 Å². The molecule has 1 aliphatic rings. The second kappa shape index (κ2) is 9.85. The fraction of sp³-hybridized carbons (Fsp3) is 0.409. The van der Waals surface area contributed by atoms with Crippen LogP contribution in [0.3, 0.4) is 0 Å². The molecular weight excluding hydrogens is 420 g/mol. The maximum absolute atomic E-state index is 12.9. The number of thioether (sulfide) groups is 1. The number of amides is 1. The molecule has 2 aromatic carbocycles. The van der Waals surface area contributed by atoms with Crippen molar-refractivity contribution in [2.75, 3.05) is 26.5 Å². The number of hydrogen-bond acceptors (Lipinski definition) is 5. The zero-order valence-electron chi connectivity index (χ0n) is 17.5. The molecule has 0 unspecified atom stereocenters. The van der Waals surface area contributed by atoms with Crippen molar-refractivity contribution in [3.8, 4) is 5.75 Å². The van der Waals surface area contributed by atoms with Crippen LogP contribution in [0.2, 0.25) is 0 Å². The lowest BCUT2D eigenvalue weighted by Gasteiger charge is -2.31. The topological polar surface area (TPSA) is 75.7 Å². The Bertz CT molecular complexity index is 969. The molecule has 0 saturated carbocycles. The van der Waals surface area contributed by atoms with Crippen molar-refractivity contribution < 1.29 is 17.9 Å². The molecule has 0 aromatic heterocycles. The van der Waals surface area contributed by atoms with Gasteiger partial charge in [0.05, 0.1) is 18.0 Å². The summed E-state index contributed by atoms with van der Waals surface area (Å²) in [6.45, 7) is 2.61. The van der Waals surface area contributed by atoms with Crippen molar-refractivity contribution in [2.24, 2.45) is 5.92 Å². The Kier molecular flexibility index (Phi) is 7.44. The number of carbonyl (C=O) groups is 1. The third-order valence-electron chi connectivity index (χ3n) is 5.49. The van der Waals surface area contributed by atoms with Gasteiger partial charge in [-0.25, -0.2) is 8.42 Å². The molecule has 1 aliphatic heterocycles. The number of nitrogens with zero attached hydrogens (tertiary/aromatic N) is 1. The molecule has 1 amide bonds. The second-order valence-corrected chi connectivity index (χ2v) is 10.1. The fourth-order valence-electron chi connectivity index (χ4n) is 3.69. The van der Waals surface area contributed by atoms with Crippen LogP contribution < -0.4 is 10.1 Å². The normalized spacial score (nSPS) is 16.8. The minimum atomic E-state index is -3.54. The van der Waals surface area contributed by atoms with Gasteiger partial charge >= 0.3 is 0 Å². The predicted octanol–water partition coefficient (Wildman–Crippen LogP) is 3.70. The molecule has 1 saturated heterocycles. The molecule has 8 heteroatoms. The van der Waals surface area contributed by atoms with E-state index in [0.717, 1.165) is 16.2 Å². The molecule has 2 aromatic rings. The molecule has 0 radical (unpaired) electrons. The maximum atomic E-state index is 12.9. The molecule has 1 fully saturated rings. The minimum absolute atomic E-state index is 0.0465. The molecule has 0 aliphatic carbocycles. The highest BCUT2D eigenvalue weighted by Gasteiger charge is 2.32. The van der Waals surface area contributed by atoms with E-state index in [1.807, 2.05) is 49.6 Å². The van der Waals surface area contributed by atoms with Gasteiger partial charge in [0.1, 0.15) is 5.75 Å². The number of carbonyl (C=O) groups excluding carboxylic acids is 1. The fourth-order valence-corrected chi connectivity index (χ4v) is 5.57. The van der Waals surface area contributed by atoms with Crippen LogP contribution in [0.4, 0.5) is 0 Å². The third kappa shape index (κ3) is 4.99. The first-order valence-corrected chi connectivity index (χ1v) is 12.6. The number of hydrogen-bond donors (Lipinski definition) is 1. The summed E-state index contributed by atoms with van der Waals surface area (Å²) in [6.07, 6.45) is 2.97. The quantitative estimate of drug-likeness (QED) is 0.654. The first-order valence-electron chi connectivity index (χ1n) is 9.94. The molecule has 0 spiro atoms. The van der Waals surface area contributed by atoms with Gasteiger partial charge < -0.3 is 10.1 Å². The van der Waals surface area contributed by atoms with Gasteiger partial charge in [-0.15, -0.1) is 11.8 Å². The molecule has 162 valence electrons. The first-order chi connectivity index (χ1) is 14.4. The summed E-state index contributed by atoms with van der Waals surface area (Å²) in [5.74, 6) is 0.487. The third-order valence-corrected chi connectivity index (χ3v) is 8.14. The van der Waals surface area contributed by atoms with Crippen molar-refractivity contribution >= 4 is 27.7 Å². The molecule has 0 bridgehead atoms. The van der Waals surface area contributed by atoms with Gasteiger partial charge in [0.25, 0.3) is 0 Å². The van der Waals surface area contributed by atoms with Crippen LogP contribution in [0, 0.1) is 5.92 Å². The Morgan fingerprint density at radius 1 is 1.13 bits per heavy atom. The largest absolute Gasteiger partial charge is 0.496 e. The van der Waals surface area contributed by atoms with Crippen molar-refractivity contribution in [3.63, 3.8) is 0 Å². The summed E-state index contributed by atoms with van der Waals surface area (Å²) in [5.41, 5.74) is 0.919. The van der Waals surface area contributed by atoms with E-state index in [1.54, 1.807) is 31.0 Å². The number of nitrogens with one attached hydrogen (secondary N) is 1. The number of rotatable bonds is 7. The summed E-state index contributed by atoms with van der Waals surface area (Å²) < 4.78 is 32.7. The van der Waals surface area contributed by atoms with Crippen LogP contribution in [-0.4, -0.2) is 45.1 Å². The van der Waals surface area contributed by atoms with Gasteiger partial charge in [0, 0.05) is 29.5 Å². The van der Waals surface area contributed by atoms with E-state index >= 15 is 0 Å². The summed E-state index contributed by atoms with van der Waals surface area (Å²) in [7, 11) is -1.93. The molecule has 1 atom stereocenters. The summed E-state index contributed by atoms with van der Waals surface area (Å²) >= 11 is 1.57. The minimum Gasteiger partial charge on any atom is -0.496 e. The number of piperidine rings is 1. The molecular formula is C22H28N2O4S2. The zero-order valence-corrected chi connectivity index (χ0v) is 19.1. The molecule has 1 N–H and O–H groups in total. The van der Waals surface area contributed by atoms with Gasteiger partial charge in [-0.3, -0.25) is 4.79 Å².